The number of hydrogen-bond donors (Lipinski definition) is 1. The molecule has 0 radical (unpaired) electrons. The Kier molecular flexibility index (Phi) is 3.67. The number of nitrogens with zero attached hydrogens (tertiary/aromatic N) is 1. The molecule has 74 valence electrons. The minimum Gasteiger partial charge on any atom is -0.494 e. The smallest absolute Gasteiger partial charge is 0.307 e. The number of aromatic nitrogens is 1. The van der Waals surface area contributed by atoms with Crippen molar-refractivity contribution < 1.29 is 14.6 Å². The van der Waals surface area contributed by atoms with Gasteiger partial charge in [0.1, 0.15) is 11.4 Å². The first kappa shape index (κ1) is 10.2. The molecule has 4 heteroatoms. The average molecular weight is 193 g/mol. The largest absolute Gasteiger partial charge is 0.494 e. The van der Waals surface area contributed by atoms with Gasteiger partial charge in [0.2, 0.25) is 0 Å². The lowest BCUT2D eigenvalue weighted by atomic mass is 10.3. The molecule has 0 spiro atoms. The lowest BCUT2D eigenvalue weighted by Crippen LogP contribution is -1.91. The summed E-state index contributed by atoms with van der Waals surface area (Å²) in [6.07, 6.45) is 4.78. The molecule has 1 aromatic rings. The fourth-order valence-corrected chi connectivity index (χ4v) is 0.972. The SMILES string of the molecule is COc1cccnc1C=CCC(=O)O. The monoisotopic (exact) mass is 193 g/mol. The first-order valence-corrected chi connectivity index (χ1v) is 4.11. The molecule has 0 saturated carbocycles. The van der Waals surface area contributed by atoms with Crippen LogP contribution < -0.4 is 4.74 Å². The van der Waals surface area contributed by atoms with Crippen molar-refractivity contribution in [1.29, 1.82) is 0 Å². The van der Waals surface area contributed by atoms with Crippen molar-refractivity contribution in [2.75, 3.05) is 7.11 Å². The number of carboxylic acid groups (broad SMARTS) is 1. The predicted molar refractivity (Wildman–Crippen MR) is 52.1 cm³/mol. The van der Waals surface area contributed by atoms with E-state index in [1.165, 1.54) is 6.08 Å². The minimum absolute atomic E-state index is 0.0142. The highest BCUT2D eigenvalue weighted by Gasteiger charge is 1.98. The van der Waals surface area contributed by atoms with Gasteiger partial charge in [-0.2, -0.15) is 0 Å². The molecule has 0 aliphatic carbocycles. The second kappa shape index (κ2) is 5.01. The Hall–Kier alpha value is -1.84. The summed E-state index contributed by atoms with van der Waals surface area (Å²) in [6, 6.07) is 3.53. The molecule has 0 aromatic carbocycles. The number of hydrogen-bond acceptors (Lipinski definition) is 3. The van der Waals surface area contributed by atoms with E-state index in [-0.39, 0.29) is 6.42 Å². The van der Waals surface area contributed by atoms with E-state index in [0.29, 0.717) is 11.4 Å². The van der Waals surface area contributed by atoms with E-state index in [2.05, 4.69) is 4.98 Å². The van der Waals surface area contributed by atoms with E-state index >= 15 is 0 Å². The van der Waals surface area contributed by atoms with Crippen molar-refractivity contribution in [2.24, 2.45) is 0 Å². The molecule has 1 rings (SSSR count). The van der Waals surface area contributed by atoms with E-state index in [4.69, 9.17) is 9.84 Å². The minimum atomic E-state index is -0.865. The highest BCUT2D eigenvalue weighted by molar-refractivity contribution is 5.70. The van der Waals surface area contributed by atoms with Crippen molar-refractivity contribution in [2.45, 2.75) is 6.42 Å². The van der Waals surface area contributed by atoms with Crippen LogP contribution in [0.3, 0.4) is 0 Å². The highest BCUT2D eigenvalue weighted by Crippen LogP contribution is 2.15. The number of pyridine rings is 1. The maximum Gasteiger partial charge on any atom is 0.307 e. The zero-order chi connectivity index (χ0) is 10.4. The van der Waals surface area contributed by atoms with Crippen LogP contribution in [-0.4, -0.2) is 23.2 Å². The fraction of sp³-hybridized carbons (Fsp3) is 0.200. The third-order valence-corrected chi connectivity index (χ3v) is 1.59. The van der Waals surface area contributed by atoms with E-state index in [9.17, 15) is 4.79 Å². The Morgan fingerprint density at radius 2 is 2.50 bits per heavy atom. The Bertz CT molecular complexity index is 347. The normalized spacial score (nSPS) is 10.4. The molecule has 0 aliphatic heterocycles. The molecular weight excluding hydrogens is 182 g/mol. The van der Waals surface area contributed by atoms with E-state index in [1.807, 2.05) is 0 Å². The van der Waals surface area contributed by atoms with Gasteiger partial charge >= 0.3 is 5.97 Å². The second-order valence-corrected chi connectivity index (χ2v) is 2.59. The lowest BCUT2D eigenvalue weighted by molar-refractivity contribution is -0.135. The second-order valence-electron chi connectivity index (χ2n) is 2.59. The molecule has 0 aliphatic rings. The molecule has 4 nitrogen and oxygen atoms in total. The molecule has 1 aromatic heterocycles. The highest BCUT2D eigenvalue weighted by atomic mass is 16.5. The quantitative estimate of drug-likeness (QED) is 0.788. The summed E-state index contributed by atoms with van der Waals surface area (Å²) in [7, 11) is 1.55. The summed E-state index contributed by atoms with van der Waals surface area (Å²) in [4.78, 5) is 14.3. The van der Waals surface area contributed by atoms with Gasteiger partial charge in [-0.25, -0.2) is 0 Å². The van der Waals surface area contributed by atoms with E-state index < -0.39 is 5.97 Å². The van der Waals surface area contributed by atoms with Crippen LogP contribution >= 0.6 is 0 Å². The third-order valence-electron chi connectivity index (χ3n) is 1.59. The standard InChI is InChI=1S/C10H11NO3/c1-14-9-5-3-7-11-8(9)4-2-6-10(12)13/h2-5,7H,6H2,1H3,(H,12,13). The number of carbonyl (C=O) groups is 1. The number of methoxy groups -OCH3 is 1. The van der Waals surface area contributed by atoms with Gasteiger partial charge in [0, 0.05) is 6.20 Å². The van der Waals surface area contributed by atoms with Crippen molar-refractivity contribution in [1.82, 2.24) is 4.98 Å². The van der Waals surface area contributed by atoms with E-state index in [0.717, 1.165) is 0 Å². The van der Waals surface area contributed by atoms with Gasteiger partial charge in [0.15, 0.2) is 0 Å². The Morgan fingerprint density at radius 3 is 3.14 bits per heavy atom. The van der Waals surface area contributed by atoms with Crippen molar-refractivity contribution >= 4 is 12.0 Å². The Balaban J connectivity index is 2.75. The van der Waals surface area contributed by atoms with Gasteiger partial charge in [0.05, 0.1) is 13.5 Å². The van der Waals surface area contributed by atoms with Crippen LogP contribution in [0, 0.1) is 0 Å². The first-order valence-electron chi connectivity index (χ1n) is 4.11. The predicted octanol–water partition coefficient (Wildman–Crippen LogP) is 1.58. The molecule has 0 fully saturated rings. The van der Waals surface area contributed by atoms with Crippen molar-refractivity contribution in [3.05, 3.63) is 30.1 Å². The fourth-order valence-electron chi connectivity index (χ4n) is 0.972. The molecule has 0 atom stereocenters. The number of aliphatic carboxylic acids is 1. The summed E-state index contributed by atoms with van der Waals surface area (Å²) < 4.78 is 5.04. The summed E-state index contributed by atoms with van der Waals surface area (Å²) in [6.45, 7) is 0. The zero-order valence-corrected chi connectivity index (χ0v) is 7.80. The molecule has 0 saturated heterocycles. The third kappa shape index (κ3) is 2.90. The van der Waals surface area contributed by atoms with Crippen LogP contribution in [0.15, 0.2) is 24.4 Å². The van der Waals surface area contributed by atoms with Crippen molar-refractivity contribution in [3.8, 4) is 5.75 Å². The molecule has 0 amide bonds. The number of rotatable bonds is 4. The van der Waals surface area contributed by atoms with Gasteiger partial charge in [0.25, 0.3) is 0 Å². The average Bonchev–Trinajstić information content (AvgIpc) is 2.18. The van der Waals surface area contributed by atoms with Gasteiger partial charge in [-0.3, -0.25) is 9.78 Å². The topological polar surface area (TPSA) is 59.4 Å². The first-order chi connectivity index (χ1) is 6.74. The van der Waals surface area contributed by atoms with Gasteiger partial charge < -0.3 is 9.84 Å². The van der Waals surface area contributed by atoms with E-state index in [1.54, 1.807) is 31.5 Å². The van der Waals surface area contributed by atoms with Crippen molar-refractivity contribution in [3.63, 3.8) is 0 Å². The van der Waals surface area contributed by atoms with Gasteiger partial charge in [-0.1, -0.05) is 6.08 Å². The van der Waals surface area contributed by atoms with Crippen LogP contribution in [-0.2, 0) is 4.79 Å². The van der Waals surface area contributed by atoms with Gasteiger partial charge in [-0.05, 0) is 18.2 Å². The Labute approximate surface area is 81.9 Å². The Morgan fingerprint density at radius 1 is 1.71 bits per heavy atom. The van der Waals surface area contributed by atoms with Gasteiger partial charge in [-0.15, -0.1) is 0 Å². The summed E-state index contributed by atoms with van der Waals surface area (Å²) in [5, 5.41) is 8.42. The zero-order valence-electron chi connectivity index (χ0n) is 7.80. The molecule has 1 heterocycles. The number of ether oxygens (including phenoxy) is 1. The maximum atomic E-state index is 10.2. The molecule has 14 heavy (non-hydrogen) atoms. The molecular formula is C10H11NO3. The maximum absolute atomic E-state index is 10.2. The summed E-state index contributed by atoms with van der Waals surface area (Å²) >= 11 is 0. The molecule has 0 bridgehead atoms. The summed E-state index contributed by atoms with van der Waals surface area (Å²) in [5.74, 6) is -0.231. The molecule has 0 unspecified atom stereocenters. The van der Waals surface area contributed by atoms with Crippen LogP contribution in [0.2, 0.25) is 0 Å². The molecule has 1 N–H and O–H groups in total. The van der Waals surface area contributed by atoms with Crippen LogP contribution in [0.1, 0.15) is 12.1 Å². The lowest BCUT2D eigenvalue weighted by Gasteiger charge is -2.01. The van der Waals surface area contributed by atoms with Crippen LogP contribution in [0.4, 0.5) is 0 Å². The van der Waals surface area contributed by atoms with Crippen LogP contribution in [0.25, 0.3) is 6.08 Å². The summed E-state index contributed by atoms with van der Waals surface area (Å²) in [5.41, 5.74) is 0.635. The van der Waals surface area contributed by atoms with Crippen LogP contribution in [0.5, 0.6) is 5.75 Å². The number of carboxylic acids is 1.